The number of sulfonamides is 1. The fraction of sp³-hybridized carbons (Fsp3) is 0.0667. The van der Waals surface area contributed by atoms with E-state index in [4.69, 9.17) is 16.7 Å². The number of carbonyl (C=O) groups excluding carboxylic acids is 1. The van der Waals surface area contributed by atoms with Gasteiger partial charge in [-0.25, -0.2) is 13.6 Å². The summed E-state index contributed by atoms with van der Waals surface area (Å²) in [6.07, 6.45) is 0. The molecule has 0 saturated heterocycles. The molecule has 0 bridgehead atoms. The van der Waals surface area contributed by atoms with E-state index in [0.717, 1.165) is 4.80 Å². The lowest BCUT2D eigenvalue weighted by Gasteiger charge is -2.06. The molecule has 0 radical (unpaired) electrons. The van der Waals surface area contributed by atoms with Crippen molar-refractivity contribution in [1.82, 2.24) is 20.2 Å². The van der Waals surface area contributed by atoms with E-state index >= 15 is 0 Å². The van der Waals surface area contributed by atoms with Crippen LogP contribution in [0.4, 0.5) is 5.69 Å². The third-order valence-electron chi connectivity index (χ3n) is 3.30. The maximum atomic E-state index is 12.1. The van der Waals surface area contributed by atoms with Crippen LogP contribution in [-0.4, -0.2) is 34.5 Å². The Balaban J connectivity index is 1.71. The van der Waals surface area contributed by atoms with Crippen LogP contribution in [0, 0.1) is 0 Å². The molecule has 0 unspecified atom stereocenters. The van der Waals surface area contributed by atoms with E-state index in [0.29, 0.717) is 16.4 Å². The summed E-state index contributed by atoms with van der Waals surface area (Å²) in [5.41, 5.74) is 0.884. The molecular formula is C15H13ClN6O3S. The first-order chi connectivity index (χ1) is 12.3. The normalized spacial score (nSPS) is 11.3. The van der Waals surface area contributed by atoms with Crippen molar-refractivity contribution < 1.29 is 13.2 Å². The monoisotopic (exact) mass is 392 g/mol. The summed E-state index contributed by atoms with van der Waals surface area (Å²) in [6.45, 7) is -0.211. The highest BCUT2D eigenvalue weighted by Gasteiger charge is 2.13. The number of benzene rings is 2. The van der Waals surface area contributed by atoms with Gasteiger partial charge in [-0.1, -0.05) is 29.8 Å². The minimum Gasteiger partial charge on any atom is -0.324 e. The highest BCUT2D eigenvalue weighted by atomic mass is 35.5. The Kier molecular flexibility index (Phi) is 4.98. The SMILES string of the molecule is NS(=O)(=O)c1cccc(NC(=O)Cn2nnc(-c3ccccc3Cl)n2)c1. The molecule has 0 fully saturated rings. The summed E-state index contributed by atoms with van der Waals surface area (Å²) >= 11 is 6.08. The summed E-state index contributed by atoms with van der Waals surface area (Å²) in [4.78, 5) is 13.1. The Hall–Kier alpha value is -2.82. The summed E-state index contributed by atoms with van der Waals surface area (Å²) in [5.74, 6) is -0.167. The molecule has 0 aliphatic heterocycles. The number of nitrogens with two attached hydrogens (primary N) is 1. The minimum atomic E-state index is -3.86. The first-order valence-electron chi connectivity index (χ1n) is 7.28. The molecule has 134 valence electrons. The van der Waals surface area contributed by atoms with Gasteiger partial charge in [-0.3, -0.25) is 4.79 Å². The molecule has 2 aromatic carbocycles. The number of nitrogens with zero attached hydrogens (tertiary/aromatic N) is 4. The number of rotatable bonds is 5. The molecule has 3 aromatic rings. The number of aromatic nitrogens is 4. The van der Waals surface area contributed by atoms with Crippen LogP contribution in [0.15, 0.2) is 53.4 Å². The molecule has 0 spiro atoms. The Morgan fingerprint density at radius 3 is 2.69 bits per heavy atom. The Morgan fingerprint density at radius 1 is 1.19 bits per heavy atom. The van der Waals surface area contributed by atoms with Gasteiger partial charge in [0.1, 0.15) is 6.54 Å². The lowest BCUT2D eigenvalue weighted by molar-refractivity contribution is -0.117. The molecular weight excluding hydrogens is 380 g/mol. The lowest BCUT2D eigenvalue weighted by Crippen LogP contribution is -2.21. The van der Waals surface area contributed by atoms with Gasteiger partial charge in [-0.15, -0.1) is 10.2 Å². The number of nitrogens with one attached hydrogen (secondary N) is 1. The van der Waals surface area contributed by atoms with Crippen molar-refractivity contribution in [2.24, 2.45) is 5.14 Å². The van der Waals surface area contributed by atoms with E-state index in [1.165, 1.54) is 24.3 Å². The molecule has 0 saturated carbocycles. The van der Waals surface area contributed by atoms with E-state index in [1.54, 1.807) is 24.3 Å². The molecule has 1 heterocycles. The fourth-order valence-electron chi connectivity index (χ4n) is 2.14. The zero-order valence-corrected chi connectivity index (χ0v) is 14.8. The average Bonchev–Trinajstić information content (AvgIpc) is 3.02. The molecule has 0 aliphatic carbocycles. The van der Waals surface area contributed by atoms with Crippen LogP contribution in [0.5, 0.6) is 0 Å². The van der Waals surface area contributed by atoms with Gasteiger partial charge in [0.25, 0.3) is 0 Å². The van der Waals surface area contributed by atoms with E-state index < -0.39 is 15.9 Å². The Morgan fingerprint density at radius 2 is 1.96 bits per heavy atom. The number of amides is 1. The van der Waals surface area contributed by atoms with Crippen molar-refractivity contribution in [3.05, 3.63) is 53.6 Å². The van der Waals surface area contributed by atoms with Crippen molar-refractivity contribution >= 4 is 33.2 Å². The van der Waals surface area contributed by atoms with Gasteiger partial charge in [0.05, 0.1) is 9.92 Å². The van der Waals surface area contributed by atoms with Crippen molar-refractivity contribution in [2.75, 3.05) is 5.32 Å². The Bertz CT molecular complexity index is 1070. The van der Waals surface area contributed by atoms with Gasteiger partial charge in [0.2, 0.25) is 21.8 Å². The molecule has 1 amide bonds. The van der Waals surface area contributed by atoms with Crippen LogP contribution >= 0.6 is 11.6 Å². The molecule has 1 aromatic heterocycles. The van der Waals surface area contributed by atoms with Crippen molar-refractivity contribution in [3.63, 3.8) is 0 Å². The number of anilines is 1. The molecule has 0 atom stereocenters. The summed E-state index contributed by atoms with van der Waals surface area (Å²) in [6, 6.07) is 12.6. The second-order valence-corrected chi connectivity index (χ2v) is 7.21. The maximum Gasteiger partial charge on any atom is 0.248 e. The van der Waals surface area contributed by atoms with Gasteiger partial charge >= 0.3 is 0 Å². The van der Waals surface area contributed by atoms with Crippen molar-refractivity contribution in [1.29, 1.82) is 0 Å². The largest absolute Gasteiger partial charge is 0.324 e. The number of tetrazole rings is 1. The van der Waals surface area contributed by atoms with E-state index in [2.05, 4.69) is 20.7 Å². The fourth-order valence-corrected chi connectivity index (χ4v) is 2.92. The van der Waals surface area contributed by atoms with Crippen LogP contribution in [0.3, 0.4) is 0 Å². The summed E-state index contributed by atoms with van der Waals surface area (Å²) < 4.78 is 22.7. The zero-order valence-electron chi connectivity index (χ0n) is 13.2. The number of hydrogen-bond donors (Lipinski definition) is 2. The van der Waals surface area contributed by atoms with Crippen LogP contribution in [0.2, 0.25) is 5.02 Å². The molecule has 3 rings (SSSR count). The van der Waals surface area contributed by atoms with E-state index in [1.807, 2.05) is 0 Å². The summed E-state index contributed by atoms with van der Waals surface area (Å²) in [7, 11) is -3.86. The van der Waals surface area contributed by atoms with Crippen LogP contribution in [0.25, 0.3) is 11.4 Å². The van der Waals surface area contributed by atoms with Crippen molar-refractivity contribution in [3.8, 4) is 11.4 Å². The first kappa shape index (κ1) is 18.0. The highest BCUT2D eigenvalue weighted by Crippen LogP contribution is 2.23. The average molecular weight is 393 g/mol. The predicted molar refractivity (Wildman–Crippen MR) is 94.7 cm³/mol. The second-order valence-electron chi connectivity index (χ2n) is 5.24. The molecule has 0 aliphatic rings. The lowest BCUT2D eigenvalue weighted by atomic mass is 10.2. The zero-order chi connectivity index (χ0) is 18.7. The quantitative estimate of drug-likeness (QED) is 0.671. The highest BCUT2D eigenvalue weighted by molar-refractivity contribution is 7.89. The molecule has 26 heavy (non-hydrogen) atoms. The predicted octanol–water partition coefficient (Wildman–Crippen LogP) is 1.28. The van der Waals surface area contributed by atoms with Crippen LogP contribution in [-0.2, 0) is 21.4 Å². The van der Waals surface area contributed by atoms with Crippen molar-refractivity contribution in [2.45, 2.75) is 11.4 Å². The second kappa shape index (κ2) is 7.20. The minimum absolute atomic E-state index is 0.102. The van der Waals surface area contributed by atoms with E-state index in [-0.39, 0.29) is 17.1 Å². The van der Waals surface area contributed by atoms with Gasteiger partial charge in [0, 0.05) is 11.3 Å². The number of hydrogen-bond acceptors (Lipinski definition) is 6. The topological polar surface area (TPSA) is 133 Å². The Labute approximate surface area is 153 Å². The van der Waals surface area contributed by atoms with Gasteiger partial charge in [-0.2, -0.15) is 4.80 Å². The molecule has 3 N–H and O–H groups in total. The van der Waals surface area contributed by atoms with Gasteiger partial charge in [-0.05, 0) is 35.5 Å². The third-order valence-corrected chi connectivity index (χ3v) is 4.54. The van der Waals surface area contributed by atoms with Gasteiger partial charge in [0.15, 0.2) is 0 Å². The maximum absolute atomic E-state index is 12.1. The standard InChI is InChI=1S/C15H13ClN6O3S/c16-13-7-2-1-6-12(13)15-19-21-22(20-15)9-14(23)18-10-4-3-5-11(8-10)26(17,24)25/h1-8H,9H2,(H,18,23)(H2,17,24,25). The smallest absolute Gasteiger partial charge is 0.248 e. The molecule has 11 heteroatoms. The van der Waals surface area contributed by atoms with Crippen LogP contribution < -0.4 is 10.5 Å². The number of primary sulfonamides is 1. The molecule has 9 nitrogen and oxygen atoms in total. The van der Waals surface area contributed by atoms with E-state index in [9.17, 15) is 13.2 Å². The number of carbonyl (C=O) groups is 1. The summed E-state index contributed by atoms with van der Waals surface area (Å²) in [5, 5.41) is 19.9. The van der Waals surface area contributed by atoms with Crippen LogP contribution in [0.1, 0.15) is 0 Å². The third kappa shape index (κ3) is 4.23. The first-order valence-corrected chi connectivity index (χ1v) is 9.21. The van der Waals surface area contributed by atoms with Gasteiger partial charge < -0.3 is 5.32 Å². The number of halogens is 1.